The van der Waals surface area contributed by atoms with Crippen molar-refractivity contribution in [1.29, 1.82) is 0 Å². The van der Waals surface area contributed by atoms with E-state index in [1.807, 2.05) is 22.9 Å². The van der Waals surface area contributed by atoms with Crippen molar-refractivity contribution in [3.8, 4) is 5.82 Å². The maximum absolute atomic E-state index is 5.58. The van der Waals surface area contributed by atoms with E-state index in [9.17, 15) is 0 Å². The van der Waals surface area contributed by atoms with E-state index < -0.39 is 0 Å². The van der Waals surface area contributed by atoms with Crippen LogP contribution >= 0.6 is 0 Å². The van der Waals surface area contributed by atoms with Gasteiger partial charge in [0.15, 0.2) is 5.82 Å². The van der Waals surface area contributed by atoms with Crippen LogP contribution in [-0.4, -0.2) is 59.2 Å². The van der Waals surface area contributed by atoms with Crippen molar-refractivity contribution >= 4 is 0 Å². The normalized spacial score (nSPS) is 17.8. The average Bonchev–Trinajstić information content (AvgIpc) is 3.22. The highest BCUT2D eigenvalue weighted by Crippen LogP contribution is 2.21. The lowest BCUT2D eigenvalue weighted by atomic mass is 10.1. The van der Waals surface area contributed by atoms with Gasteiger partial charge in [-0.25, -0.2) is 9.67 Å². The molecule has 1 aliphatic rings. The number of nitrogens with zero attached hydrogens (tertiary/aromatic N) is 4. The molecule has 0 spiro atoms. The number of methoxy groups -OCH3 is 1. The Bertz CT molecular complexity index is 651. The van der Waals surface area contributed by atoms with Gasteiger partial charge in [0.25, 0.3) is 0 Å². The number of aryl methyl sites for hydroxylation is 1. The maximum atomic E-state index is 5.58. The van der Waals surface area contributed by atoms with Crippen LogP contribution in [0.15, 0.2) is 24.4 Å². The van der Waals surface area contributed by atoms with Crippen LogP contribution in [0.3, 0.4) is 0 Å². The highest BCUT2D eigenvalue weighted by Gasteiger charge is 2.25. The first-order valence-corrected chi connectivity index (χ1v) is 8.48. The van der Waals surface area contributed by atoms with Crippen LogP contribution in [0.5, 0.6) is 0 Å². The molecule has 130 valence electrons. The molecule has 3 rings (SSSR count). The summed E-state index contributed by atoms with van der Waals surface area (Å²) in [5.74, 6) is 0.858. The Morgan fingerprint density at radius 3 is 2.92 bits per heavy atom. The molecular formula is C18H26N4O2. The Balaban J connectivity index is 1.83. The summed E-state index contributed by atoms with van der Waals surface area (Å²) in [4.78, 5) is 6.87. The van der Waals surface area contributed by atoms with Gasteiger partial charge in [0.05, 0.1) is 18.9 Å². The van der Waals surface area contributed by atoms with Crippen molar-refractivity contribution in [3.05, 3.63) is 41.3 Å². The highest BCUT2D eigenvalue weighted by atomic mass is 16.5. The van der Waals surface area contributed by atoms with Gasteiger partial charge in [-0.3, -0.25) is 4.90 Å². The molecule has 0 unspecified atom stereocenters. The fraction of sp³-hybridized carbons (Fsp3) is 0.556. The lowest BCUT2D eigenvalue weighted by Gasteiger charge is -2.27. The number of hydrogen-bond acceptors (Lipinski definition) is 5. The topological polar surface area (TPSA) is 52.4 Å². The second-order valence-electron chi connectivity index (χ2n) is 6.23. The number of pyridine rings is 1. The van der Waals surface area contributed by atoms with Crippen LogP contribution < -0.4 is 0 Å². The summed E-state index contributed by atoms with van der Waals surface area (Å²) in [5.41, 5.74) is 3.47. The molecule has 0 saturated carbocycles. The first-order chi connectivity index (χ1) is 11.7. The molecule has 24 heavy (non-hydrogen) atoms. The Labute approximate surface area is 143 Å². The Kier molecular flexibility index (Phi) is 5.60. The fourth-order valence-electron chi connectivity index (χ4n) is 3.22. The van der Waals surface area contributed by atoms with Crippen LogP contribution in [0.2, 0.25) is 0 Å². The number of rotatable bonds is 7. The molecule has 1 aliphatic heterocycles. The molecule has 0 amide bonds. The van der Waals surface area contributed by atoms with Gasteiger partial charge in [-0.2, -0.15) is 5.10 Å². The first-order valence-electron chi connectivity index (χ1n) is 8.48. The van der Waals surface area contributed by atoms with E-state index in [-0.39, 0.29) is 0 Å². The van der Waals surface area contributed by atoms with Gasteiger partial charge >= 0.3 is 0 Å². The van der Waals surface area contributed by atoms with Gasteiger partial charge < -0.3 is 9.47 Å². The summed E-state index contributed by atoms with van der Waals surface area (Å²) >= 11 is 0. The maximum Gasteiger partial charge on any atom is 0.153 e. The molecule has 0 radical (unpaired) electrons. The Morgan fingerprint density at radius 2 is 2.25 bits per heavy atom. The highest BCUT2D eigenvalue weighted by molar-refractivity contribution is 5.32. The van der Waals surface area contributed by atoms with Crippen molar-refractivity contribution in [2.45, 2.75) is 32.9 Å². The molecule has 6 heteroatoms. The molecule has 6 nitrogen and oxygen atoms in total. The predicted octanol–water partition coefficient (Wildman–Crippen LogP) is 2.12. The van der Waals surface area contributed by atoms with Crippen LogP contribution in [0.4, 0.5) is 0 Å². The van der Waals surface area contributed by atoms with Crippen molar-refractivity contribution in [2.75, 3.05) is 33.5 Å². The van der Waals surface area contributed by atoms with Crippen LogP contribution in [0.1, 0.15) is 23.4 Å². The summed E-state index contributed by atoms with van der Waals surface area (Å²) in [6.07, 6.45) is 2.88. The largest absolute Gasteiger partial charge is 0.383 e. The molecule has 1 atom stereocenters. The SMILES string of the molecule is COCCN(Cc1c(C)nn(-c2ccccn2)c1C)[C@H]1CCOC1. The minimum absolute atomic E-state index is 0.456. The molecule has 0 aliphatic carbocycles. The second-order valence-corrected chi connectivity index (χ2v) is 6.23. The summed E-state index contributed by atoms with van der Waals surface area (Å²) in [5, 5.41) is 4.71. The van der Waals surface area contributed by atoms with E-state index in [2.05, 4.69) is 23.7 Å². The predicted molar refractivity (Wildman–Crippen MR) is 92.3 cm³/mol. The zero-order chi connectivity index (χ0) is 16.9. The minimum Gasteiger partial charge on any atom is -0.383 e. The van der Waals surface area contributed by atoms with Crippen molar-refractivity contribution < 1.29 is 9.47 Å². The molecule has 2 aromatic heterocycles. The summed E-state index contributed by atoms with van der Waals surface area (Å²) < 4.78 is 12.8. The zero-order valence-electron chi connectivity index (χ0n) is 14.7. The summed E-state index contributed by atoms with van der Waals surface area (Å²) in [6, 6.07) is 6.34. The average molecular weight is 330 g/mol. The Hall–Kier alpha value is -1.76. The third kappa shape index (κ3) is 3.66. The zero-order valence-corrected chi connectivity index (χ0v) is 14.7. The fourth-order valence-corrected chi connectivity index (χ4v) is 3.22. The van der Waals surface area contributed by atoms with Gasteiger partial charge in [-0.05, 0) is 32.4 Å². The summed E-state index contributed by atoms with van der Waals surface area (Å²) in [6.45, 7) is 8.32. The van der Waals surface area contributed by atoms with Crippen molar-refractivity contribution in [3.63, 3.8) is 0 Å². The van der Waals surface area contributed by atoms with E-state index in [0.29, 0.717) is 6.04 Å². The molecular weight excluding hydrogens is 304 g/mol. The smallest absolute Gasteiger partial charge is 0.153 e. The van der Waals surface area contributed by atoms with Crippen LogP contribution in [0.25, 0.3) is 5.82 Å². The molecule has 0 N–H and O–H groups in total. The van der Waals surface area contributed by atoms with Gasteiger partial charge in [-0.1, -0.05) is 6.07 Å². The first kappa shape index (κ1) is 17.1. The van der Waals surface area contributed by atoms with Crippen LogP contribution in [-0.2, 0) is 16.0 Å². The van der Waals surface area contributed by atoms with Crippen molar-refractivity contribution in [2.24, 2.45) is 0 Å². The molecule has 2 aromatic rings. The molecule has 0 bridgehead atoms. The third-order valence-corrected chi connectivity index (χ3v) is 4.67. The van der Waals surface area contributed by atoms with Crippen LogP contribution in [0, 0.1) is 13.8 Å². The van der Waals surface area contributed by atoms with E-state index in [4.69, 9.17) is 14.6 Å². The lowest BCUT2D eigenvalue weighted by molar-refractivity contribution is 0.100. The van der Waals surface area contributed by atoms with Gasteiger partial charge in [0.1, 0.15) is 0 Å². The lowest BCUT2D eigenvalue weighted by Crippen LogP contribution is -2.37. The van der Waals surface area contributed by atoms with E-state index in [1.54, 1.807) is 13.3 Å². The standard InChI is InChI=1S/C18H26N4O2/c1-14-17(12-21(9-11-23-3)16-7-10-24-13-16)15(2)22(20-14)18-6-4-5-8-19-18/h4-6,8,16H,7,9-13H2,1-3H3/t16-/m0/s1. The van der Waals surface area contributed by atoms with Gasteiger partial charge in [0.2, 0.25) is 0 Å². The number of ether oxygens (including phenoxy) is 2. The monoisotopic (exact) mass is 330 g/mol. The molecule has 0 aromatic carbocycles. The molecule has 3 heterocycles. The Morgan fingerprint density at radius 1 is 1.38 bits per heavy atom. The third-order valence-electron chi connectivity index (χ3n) is 4.67. The number of aromatic nitrogens is 3. The molecule has 1 fully saturated rings. The van der Waals surface area contributed by atoms with E-state index >= 15 is 0 Å². The van der Waals surface area contributed by atoms with E-state index in [0.717, 1.165) is 56.5 Å². The van der Waals surface area contributed by atoms with Crippen molar-refractivity contribution in [1.82, 2.24) is 19.7 Å². The number of hydrogen-bond donors (Lipinski definition) is 0. The minimum atomic E-state index is 0.456. The quantitative estimate of drug-likeness (QED) is 0.778. The summed E-state index contributed by atoms with van der Waals surface area (Å²) in [7, 11) is 1.75. The van der Waals surface area contributed by atoms with Gasteiger partial charge in [-0.15, -0.1) is 0 Å². The second kappa shape index (κ2) is 7.88. The van der Waals surface area contributed by atoms with Gasteiger partial charge in [0, 0.05) is 50.3 Å². The van der Waals surface area contributed by atoms with E-state index in [1.165, 1.54) is 5.56 Å². The molecule has 1 saturated heterocycles.